The van der Waals surface area contributed by atoms with E-state index in [0.29, 0.717) is 24.5 Å². The number of ether oxygens (including phenoxy) is 1. The Morgan fingerprint density at radius 3 is 2.56 bits per heavy atom. The van der Waals surface area contributed by atoms with Crippen molar-refractivity contribution in [1.29, 1.82) is 0 Å². The molecule has 2 aromatic carbocycles. The van der Waals surface area contributed by atoms with Gasteiger partial charge in [-0.2, -0.15) is 0 Å². The molecule has 1 heterocycles. The molecule has 0 atom stereocenters. The van der Waals surface area contributed by atoms with Crippen molar-refractivity contribution in [2.24, 2.45) is 0 Å². The van der Waals surface area contributed by atoms with Gasteiger partial charge in [0.05, 0.1) is 12.8 Å². The maximum absolute atomic E-state index is 13.9. The van der Waals surface area contributed by atoms with Gasteiger partial charge < -0.3 is 15.0 Å². The van der Waals surface area contributed by atoms with E-state index in [0.717, 1.165) is 0 Å². The van der Waals surface area contributed by atoms with Crippen molar-refractivity contribution in [3.05, 3.63) is 54.3 Å². The highest BCUT2D eigenvalue weighted by atomic mass is 19.1. The molecule has 0 aliphatic carbocycles. The van der Waals surface area contributed by atoms with E-state index in [4.69, 9.17) is 4.74 Å². The Morgan fingerprint density at radius 1 is 1.16 bits per heavy atom. The summed E-state index contributed by atoms with van der Waals surface area (Å²) >= 11 is 0. The van der Waals surface area contributed by atoms with Crippen molar-refractivity contribution < 1.29 is 18.7 Å². The van der Waals surface area contributed by atoms with Crippen molar-refractivity contribution in [2.45, 2.75) is 0 Å². The van der Waals surface area contributed by atoms with E-state index in [9.17, 15) is 14.0 Å². The molecular weight excluding hydrogens is 325 g/mol. The number of benzene rings is 2. The Kier molecular flexibility index (Phi) is 4.83. The van der Waals surface area contributed by atoms with Gasteiger partial charge in [0.1, 0.15) is 18.1 Å². The number of hydrogen-bond donors (Lipinski definition) is 1. The van der Waals surface area contributed by atoms with E-state index >= 15 is 0 Å². The van der Waals surface area contributed by atoms with Crippen molar-refractivity contribution in [1.82, 2.24) is 4.90 Å². The van der Waals surface area contributed by atoms with E-state index in [1.807, 2.05) is 0 Å². The normalized spacial score (nSPS) is 13.9. The van der Waals surface area contributed by atoms with Crippen LogP contribution in [0.5, 0.6) is 5.75 Å². The summed E-state index contributed by atoms with van der Waals surface area (Å²) in [6.07, 6.45) is 0. The Morgan fingerprint density at radius 2 is 1.88 bits per heavy atom. The molecule has 1 aliphatic rings. The highest BCUT2D eigenvalue weighted by molar-refractivity contribution is 5.99. The van der Waals surface area contributed by atoms with E-state index in [1.54, 1.807) is 49.6 Å². The van der Waals surface area contributed by atoms with Crippen LogP contribution in [0.3, 0.4) is 0 Å². The first-order chi connectivity index (χ1) is 12.1. The standard InChI is InChI=1S/C18H18FN3O3/c1-25-14-8-6-13(7-9-14)20-17(23)12-21-10-11-22(18(21)24)16-5-3-2-4-15(16)19/h2-9H,10-12H2,1H3,(H,20,23). The molecule has 1 N–H and O–H groups in total. The zero-order valence-corrected chi connectivity index (χ0v) is 13.7. The maximum atomic E-state index is 13.9. The number of rotatable bonds is 5. The van der Waals surface area contributed by atoms with Crippen LogP contribution >= 0.6 is 0 Å². The molecule has 0 unspecified atom stereocenters. The van der Waals surface area contributed by atoms with E-state index in [-0.39, 0.29) is 24.2 Å². The van der Waals surface area contributed by atoms with Crippen molar-refractivity contribution in [2.75, 3.05) is 37.0 Å². The fourth-order valence-electron chi connectivity index (χ4n) is 2.67. The van der Waals surface area contributed by atoms with Crippen LogP contribution in [-0.4, -0.2) is 43.6 Å². The molecule has 0 saturated carbocycles. The molecule has 1 aliphatic heterocycles. The smallest absolute Gasteiger partial charge is 0.325 e. The number of hydrogen-bond acceptors (Lipinski definition) is 3. The summed E-state index contributed by atoms with van der Waals surface area (Å²) in [4.78, 5) is 27.3. The van der Waals surface area contributed by atoms with Crippen molar-refractivity contribution in [3.63, 3.8) is 0 Å². The number of carbonyl (C=O) groups is 2. The third kappa shape index (κ3) is 3.71. The summed E-state index contributed by atoms with van der Waals surface area (Å²) < 4.78 is 18.9. The molecule has 0 spiro atoms. The lowest BCUT2D eigenvalue weighted by Crippen LogP contribution is -2.37. The number of amides is 3. The number of nitrogens with one attached hydrogen (secondary N) is 1. The predicted molar refractivity (Wildman–Crippen MR) is 92.3 cm³/mol. The zero-order valence-electron chi connectivity index (χ0n) is 13.7. The number of nitrogens with zero attached hydrogens (tertiary/aromatic N) is 2. The summed E-state index contributed by atoms with van der Waals surface area (Å²) in [7, 11) is 1.56. The van der Waals surface area contributed by atoms with Crippen LogP contribution in [0.4, 0.5) is 20.6 Å². The third-order valence-electron chi connectivity index (χ3n) is 3.95. The minimum atomic E-state index is -0.458. The van der Waals surface area contributed by atoms with Gasteiger partial charge in [-0.15, -0.1) is 0 Å². The van der Waals surface area contributed by atoms with Gasteiger partial charge in [0.15, 0.2) is 0 Å². The first-order valence-electron chi connectivity index (χ1n) is 7.83. The third-order valence-corrected chi connectivity index (χ3v) is 3.95. The highest BCUT2D eigenvalue weighted by Gasteiger charge is 2.32. The Labute approximate surface area is 144 Å². The molecule has 1 fully saturated rings. The lowest BCUT2D eigenvalue weighted by atomic mass is 10.3. The minimum absolute atomic E-state index is 0.0875. The Bertz CT molecular complexity index is 779. The van der Waals surface area contributed by atoms with E-state index in [1.165, 1.54) is 15.9 Å². The van der Waals surface area contributed by atoms with Crippen LogP contribution < -0.4 is 15.0 Å². The molecule has 1 saturated heterocycles. The molecular formula is C18H18FN3O3. The van der Waals surface area contributed by atoms with E-state index < -0.39 is 5.82 Å². The monoisotopic (exact) mass is 343 g/mol. The Hall–Kier alpha value is -3.09. The van der Waals surface area contributed by atoms with Gasteiger partial charge in [0.2, 0.25) is 5.91 Å². The quantitative estimate of drug-likeness (QED) is 0.908. The molecule has 0 radical (unpaired) electrons. The molecule has 2 aromatic rings. The number of carbonyl (C=O) groups excluding carboxylic acids is 2. The fraction of sp³-hybridized carbons (Fsp3) is 0.222. The summed E-state index contributed by atoms with van der Waals surface area (Å²) in [6, 6.07) is 12.6. The Balaban J connectivity index is 1.60. The SMILES string of the molecule is COc1ccc(NC(=O)CN2CCN(c3ccccc3F)C2=O)cc1. The molecule has 3 rings (SSSR count). The van der Waals surface area contributed by atoms with Gasteiger partial charge in [-0.1, -0.05) is 12.1 Å². The summed E-state index contributed by atoms with van der Waals surface area (Å²) in [6.45, 7) is 0.620. The van der Waals surface area contributed by atoms with Crippen molar-refractivity contribution in [3.8, 4) is 5.75 Å². The summed E-state index contributed by atoms with van der Waals surface area (Å²) in [5, 5.41) is 2.73. The molecule has 3 amide bonds. The van der Waals surface area contributed by atoms with E-state index in [2.05, 4.69) is 5.32 Å². The first-order valence-corrected chi connectivity index (χ1v) is 7.83. The van der Waals surface area contributed by atoms with Gasteiger partial charge in [-0.05, 0) is 36.4 Å². The maximum Gasteiger partial charge on any atom is 0.325 e. The molecule has 25 heavy (non-hydrogen) atoms. The number of para-hydroxylation sites is 1. The zero-order chi connectivity index (χ0) is 17.8. The topological polar surface area (TPSA) is 61.9 Å². The average molecular weight is 343 g/mol. The fourth-order valence-corrected chi connectivity index (χ4v) is 2.67. The average Bonchev–Trinajstić information content (AvgIpc) is 2.96. The lowest BCUT2D eigenvalue weighted by Gasteiger charge is -2.18. The van der Waals surface area contributed by atoms with Gasteiger partial charge >= 0.3 is 6.03 Å². The second kappa shape index (κ2) is 7.21. The van der Waals surface area contributed by atoms with Gasteiger partial charge in [0.25, 0.3) is 0 Å². The molecule has 0 bridgehead atoms. The van der Waals surface area contributed by atoms with Crippen LogP contribution in [0.15, 0.2) is 48.5 Å². The molecule has 6 nitrogen and oxygen atoms in total. The minimum Gasteiger partial charge on any atom is -0.497 e. The predicted octanol–water partition coefficient (Wildman–Crippen LogP) is 2.72. The summed E-state index contributed by atoms with van der Waals surface area (Å²) in [5.41, 5.74) is 0.842. The van der Waals surface area contributed by atoms with Gasteiger partial charge in [-0.3, -0.25) is 9.69 Å². The number of halogens is 1. The molecule has 7 heteroatoms. The number of methoxy groups -OCH3 is 1. The first kappa shape index (κ1) is 16.8. The van der Waals surface area contributed by atoms with Gasteiger partial charge in [0, 0.05) is 18.8 Å². The largest absolute Gasteiger partial charge is 0.497 e. The second-order valence-corrected chi connectivity index (χ2v) is 5.58. The molecule has 0 aromatic heterocycles. The van der Waals surface area contributed by atoms with Crippen molar-refractivity contribution >= 4 is 23.3 Å². The van der Waals surface area contributed by atoms with Crippen LogP contribution in [0.2, 0.25) is 0 Å². The van der Waals surface area contributed by atoms with Crippen LogP contribution in [-0.2, 0) is 4.79 Å². The van der Waals surface area contributed by atoms with Crippen LogP contribution in [0.25, 0.3) is 0 Å². The van der Waals surface area contributed by atoms with Crippen LogP contribution in [0, 0.1) is 5.82 Å². The lowest BCUT2D eigenvalue weighted by molar-refractivity contribution is -0.116. The number of anilines is 2. The summed E-state index contributed by atoms with van der Waals surface area (Å²) in [5.74, 6) is -0.0810. The highest BCUT2D eigenvalue weighted by Crippen LogP contribution is 2.23. The molecule has 130 valence electrons. The second-order valence-electron chi connectivity index (χ2n) is 5.58. The van der Waals surface area contributed by atoms with Crippen LogP contribution in [0.1, 0.15) is 0 Å². The van der Waals surface area contributed by atoms with Gasteiger partial charge in [-0.25, -0.2) is 9.18 Å². The number of urea groups is 1.